The summed E-state index contributed by atoms with van der Waals surface area (Å²) in [7, 11) is 1.94. The number of hydrogen-bond donors (Lipinski definition) is 1. The van der Waals surface area contributed by atoms with Crippen molar-refractivity contribution in [3.8, 4) is 0 Å². The number of carbonyl (C=O) groups excluding carboxylic acids is 1. The van der Waals surface area contributed by atoms with E-state index in [9.17, 15) is 14.9 Å². The third-order valence-corrected chi connectivity index (χ3v) is 4.04. The largest absolute Gasteiger partial charge is 0.338 e. The van der Waals surface area contributed by atoms with Crippen LogP contribution in [0.5, 0.6) is 0 Å². The summed E-state index contributed by atoms with van der Waals surface area (Å²) in [5.41, 5.74) is 0.0796. The molecule has 6 nitrogen and oxygen atoms in total. The number of nitro benzene ring substituents is 1. The molecule has 0 radical (unpaired) electrons. The van der Waals surface area contributed by atoms with Crippen LogP contribution in [-0.2, 0) is 0 Å². The lowest BCUT2D eigenvalue weighted by molar-refractivity contribution is -0.385. The third-order valence-electron chi connectivity index (χ3n) is 4.04. The van der Waals surface area contributed by atoms with Crippen LogP contribution in [-0.4, -0.2) is 42.4 Å². The highest BCUT2D eigenvalue weighted by Crippen LogP contribution is 2.24. The predicted octanol–water partition coefficient (Wildman–Crippen LogP) is 2.48. The molecule has 1 aromatic carbocycles. The number of hydrogen-bond acceptors (Lipinski definition) is 4. The summed E-state index contributed by atoms with van der Waals surface area (Å²) in [4.78, 5) is 24.7. The monoisotopic (exact) mass is 327 g/mol. The average Bonchev–Trinajstić information content (AvgIpc) is 2.52. The lowest BCUT2D eigenvalue weighted by Crippen LogP contribution is -2.39. The standard InChI is InChI=1S/C15H21N3O3.ClH/c1-16-9-6-12-7-10-17(11-8-12)15(19)13-4-2-3-5-14(13)18(20)21;/h2-5,12,16H,6-11H2,1H3;1H. The molecule has 1 heterocycles. The van der Waals surface area contributed by atoms with E-state index in [1.54, 1.807) is 17.0 Å². The maximum Gasteiger partial charge on any atom is 0.282 e. The van der Waals surface area contributed by atoms with Crippen LogP contribution in [0, 0.1) is 16.0 Å². The Balaban J connectivity index is 0.00000242. The van der Waals surface area contributed by atoms with Crippen LogP contribution in [0.3, 0.4) is 0 Å². The molecule has 0 aromatic heterocycles. The maximum atomic E-state index is 12.5. The maximum absolute atomic E-state index is 12.5. The second-order valence-corrected chi connectivity index (χ2v) is 5.40. The van der Waals surface area contributed by atoms with E-state index in [-0.39, 0.29) is 29.6 Å². The second-order valence-electron chi connectivity index (χ2n) is 5.40. The van der Waals surface area contributed by atoms with Crippen LogP contribution in [0.4, 0.5) is 5.69 Å². The molecule has 1 amide bonds. The molecule has 22 heavy (non-hydrogen) atoms. The normalized spacial score (nSPS) is 15.2. The molecule has 1 aliphatic heterocycles. The molecular formula is C15H22ClN3O3. The van der Waals surface area contributed by atoms with Crippen molar-refractivity contribution in [3.05, 3.63) is 39.9 Å². The number of piperidine rings is 1. The summed E-state index contributed by atoms with van der Waals surface area (Å²) >= 11 is 0. The van der Waals surface area contributed by atoms with Gasteiger partial charge in [-0.05, 0) is 44.8 Å². The summed E-state index contributed by atoms with van der Waals surface area (Å²) in [6.45, 7) is 2.35. The van der Waals surface area contributed by atoms with Gasteiger partial charge in [0.1, 0.15) is 5.56 Å². The number of likely N-dealkylation sites (tertiary alicyclic amines) is 1. The molecule has 0 saturated carbocycles. The fraction of sp³-hybridized carbons (Fsp3) is 0.533. The molecule has 0 aliphatic carbocycles. The summed E-state index contributed by atoms with van der Waals surface area (Å²) in [6.07, 6.45) is 3.05. The Morgan fingerprint density at radius 2 is 2.00 bits per heavy atom. The van der Waals surface area contributed by atoms with Crippen molar-refractivity contribution in [2.75, 3.05) is 26.7 Å². The number of carbonyl (C=O) groups is 1. The van der Waals surface area contributed by atoms with Crippen molar-refractivity contribution in [2.45, 2.75) is 19.3 Å². The first-order chi connectivity index (χ1) is 10.1. The van der Waals surface area contributed by atoms with Gasteiger partial charge in [-0.2, -0.15) is 0 Å². The topological polar surface area (TPSA) is 75.5 Å². The highest BCUT2D eigenvalue weighted by molar-refractivity contribution is 5.98. The number of nitro groups is 1. The number of nitrogens with zero attached hydrogens (tertiary/aromatic N) is 2. The van der Waals surface area contributed by atoms with Crippen molar-refractivity contribution in [1.82, 2.24) is 10.2 Å². The molecule has 122 valence electrons. The first-order valence-electron chi connectivity index (χ1n) is 7.30. The Bertz CT molecular complexity index is 517. The number of nitrogens with one attached hydrogen (secondary N) is 1. The van der Waals surface area contributed by atoms with Crippen LogP contribution in [0.2, 0.25) is 0 Å². The second kappa shape index (κ2) is 8.70. The molecule has 1 saturated heterocycles. The van der Waals surface area contributed by atoms with Gasteiger partial charge in [0, 0.05) is 19.2 Å². The quantitative estimate of drug-likeness (QED) is 0.666. The molecule has 1 aromatic rings. The van der Waals surface area contributed by atoms with Gasteiger partial charge < -0.3 is 10.2 Å². The van der Waals surface area contributed by atoms with E-state index in [1.807, 2.05) is 7.05 Å². The average molecular weight is 328 g/mol. The molecule has 0 unspecified atom stereocenters. The SMILES string of the molecule is CNCCC1CCN(C(=O)c2ccccc2[N+](=O)[O-])CC1.Cl. The lowest BCUT2D eigenvalue weighted by atomic mass is 9.93. The molecule has 1 aliphatic rings. The Hall–Kier alpha value is -1.66. The molecule has 0 bridgehead atoms. The first-order valence-corrected chi connectivity index (χ1v) is 7.30. The van der Waals surface area contributed by atoms with Gasteiger partial charge in [-0.1, -0.05) is 12.1 Å². The molecule has 1 N–H and O–H groups in total. The number of amides is 1. The number of benzene rings is 1. The third kappa shape index (κ3) is 4.42. The van der Waals surface area contributed by atoms with Gasteiger partial charge in [0.25, 0.3) is 11.6 Å². The van der Waals surface area contributed by atoms with Gasteiger partial charge in [0.05, 0.1) is 4.92 Å². The Kier molecular flexibility index (Phi) is 7.27. The minimum absolute atomic E-state index is 0. The highest BCUT2D eigenvalue weighted by atomic mass is 35.5. The van der Waals surface area contributed by atoms with E-state index in [4.69, 9.17) is 0 Å². The molecule has 1 fully saturated rings. The van der Waals surface area contributed by atoms with Gasteiger partial charge in [0.2, 0.25) is 0 Å². The van der Waals surface area contributed by atoms with Crippen molar-refractivity contribution in [2.24, 2.45) is 5.92 Å². The molecule has 7 heteroatoms. The molecular weight excluding hydrogens is 306 g/mol. The van der Waals surface area contributed by atoms with E-state index < -0.39 is 4.92 Å². The fourth-order valence-corrected chi connectivity index (χ4v) is 2.76. The fourth-order valence-electron chi connectivity index (χ4n) is 2.76. The Labute approximate surface area is 136 Å². The predicted molar refractivity (Wildman–Crippen MR) is 87.5 cm³/mol. The summed E-state index contributed by atoms with van der Waals surface area (Å²) < 4.78 is 0. The van der Waals surface area contributed by atoms with Gasteiger partial charge in [-0.3, -0.25) is 14.9 Å². The van der Waals surface area contributed by atoms with E-state index in [0.29, 0.717) is 19.0 Å². The van der Waals surface area contributed by atoms with Crippen LogP contribution in [0.15, 0.2) is 24.3 Å². The summed E-state index contributed by atoms with van der Waals surface area (Å²) in [5.74, 6) is 0.404. The van der Waals surface area contributed by atoms with Crippen molar-refractivity contribution >= 4 is 24.0 Å². The number of halogens is 1. The zero-order valence-electron chi connectivity index (χ0n) is 12.7. The van der Waals surface area contributed by atoms with Crippen molar-refractivity contribution < 1.29 is 9.72 Å². The van der Waals surface area contributed by atoms with Gasteiger partial charge in [0.15, 0.2) is 0 Å². The van der Waals surface area contributed by atoms with E-state index in [0.717, 1.165) is 25.8 Å². The van der Waals surface area contributed by atoms with E-state index >= 15 is 0 Å². The van der Waals surface area contributed by atoms with E-state index in [2.05, 4.69) is 5.32 Å². The van der Waals surface area contributed by atoms with Gasteiger partial charge in [-0.25, -0.2) is 0 Å². The van der Waals surface area contributed by atoms with Crippen LogP contribution >= 0.6 is 12.4 Å². The van der Waals surface area contributed by atoms with E-state index in [1.165, 1.54) is 12.1 Å². The first kappa shape index (κ1) is 18.4. The smallest absolute Gasteiger partial charge is 0.282 e. The number of para-hydroxylation sites is 1. The lowest BCUT2D eigenvalue weighted by Gasteiger charge is -2.32. The zero-order chi connectivity index (χ0) is 15.2. The summed E-state index contributed by atoms with van der Waals surface area (Å²) in [6, 6.07) is 6.17. The Morgan fingerprint density at radius 1 is 1.36 bits per heavy atom. The van der Waals surface area contributed by atoms with Crippen LogP contribution in [0.1, 0.15) is 29.6 Å². The van der Waals surface area contributed by atoms with Gasteiger partial charge >= 0.3 is 0 Å². The van der Waals surface area contributed by atoms with Gasteiger partial charge in [-0.15, -0.1) is 12.4 Å². The Morgan fingerprint density at radius 3 is 2.59 bits per heavy atom. The highest BCUT2D eigenvalue weighted by Gasteiger charge is 2.27. The van der Waals surface area contributed by atoms with Crippen molar-refractivity contribution in [3.63, 3.8) is 0 Å². The molecule has 2 rings (SSSR count). The van der Waals surface area contributed by atoms with Crippen LogP contribution < -0.4 is 5.32 Å². The zero-order valence-corrected chi connectivity index (χ0v) is 13.5. The van der Waals surface area contributed by atoms with Crippen LogP contribution in [0.25, 0.3) is 0 Å². The van der Waals surface area contributed by atoms with Crippen molar-refractivity contribution in [1.29, 1.82) is 0 Å². The minimum atomic E-state index is -0.493. The molecule has 0 spiro atoms. The minimum Gasteiger partial charge on any atom is -0.338 e. The number of rotatable bonds is 5. The molecule has 0 atom stereocenters. The summed E-state index contributed by atoms with van der Waals surface area (Å²) in [5, 5.41) is 14.1.